The number of thiol groups is 1. The van der Waals surface area contributed by atoms with Crippen LogP contribution in [0.4, 0.5) is 0 Å². The van der Waals surface area contributed by atoms with Crippen LogP contribution in [0.25, 0.3) is 0 Å². The molecule has 0 aliphatic rings. The lowest BCUT2D eigenvalue weighted by Crippen LogP contribution is -1.78. The summed E-state index contributed by atoms with van der Waals surface area (Å²) in [6.45, 7) is 4.26. The van der Waals surface area contributed by atoms with E-state index in [4.69, 9.17) is 0 Å². The number of benzene rings is 2. The highest BCUT2D eigenvalue weighted by Gasteiger charge is 1.84. The summed E-state index contributed by atoms with van der Waals surface area (Å²) in [6, 6.07) is 18.6. The molecule has 2 rings (SSSR count). The molecule has 0 radical (unpaired) electrons. The summed E-state index contributed by atoms with van der Waals surface area (Å²) in [7, 11) is 0. The van der Waals surface area contributed by atoms with E-state index in [1.165, 1.54) is 24.0 Å². The Morgan fingerprint density at radius 1 is 0.882 bits per heavy atom. The Balaban J connectivity index is 0.000000171. The maximum absolute atomic E-state index is 4.13. The van der Waals surface area contributed by atoms with Crippen molar-refractivity contribution in [2.45, 2.75) is 31.6 Å². The second-order valence-corrected chi connectivity index (χ2v) is 4.59. The molecule has 0 unspecified atom stereocenters. The maximum atomic E-state index is 4.13. The second kappa shape index (κ2) is 7.97. The van der Waals surface area contributed by atoms with Crippen LogP contribution >= 0.6 is 12.6 Å². The van der Waals surface area contributed by atoms with Crippen LogP contribution in [0.2, 0.25) is 0 Å². The normalized spacial score (nSPS) is 9.35. The molecule has 0 aliphatic heterocycles. The van der Waals surface area contributed by atoms with Crippen molar-refractivity contribution in [3.63, 3.8) is 0 Å². The highest BCUT2D eigenvalue weighted by Crippen LogP contribution is 2.05. The van der Waals surface area contributed by atoms with Crippen molar-refractivity contribution in [1.29, 1.82) is 0 Å². The van der Waals surface area contributed by atoms with Crippen molar-refractivity contribution in [3.05, 3.63) is 65.7 Å². The van der Waals surface area contributed by atoms with Gasteiger partial charge in [-0.25, -0.2) is 0 Å². The van der Waals surface area contributed by atoms with Gasteiger partial charge in [-0.2, -0.15) is 0 Å². The van der Waals surface area contributed by atoms with Crippen LogP contribution in [0.15, 0.2) is 59.5 Å². The molecule has 17 heavy (non-hydrogen) atoms. The fourth-order valence-corrected chi connectivity index (χ4v) is 1.63. The summed E-state index contributed by atoms with van der Waals surface area (Å²) in [6.07, 6.45) is 2.45. The predicted octanol–water partition coefficient (Wildman–Crippen LogP) is 4.92. The molecule has 0 saturated heterocycles. The third-order valence-corrected chi connectivity index (χ3v) is 2.71. The van der Waals surface area contributed by atoms with Crippen molar-refractivity contribution >= 4 is 12.6 Å². The van der Waals surface area contributed by atoms with Gasteiger partial charge in [0.25, 0.3) is 0 Å². The molecule has 0 saturated carbocycles. The van der Waals surface area contributed by atoms with Crippen LogP contribution in [-0.2, 0) is 6.42 Å². The molecule has 0 fully saturated rings. The largest absolute Gasteiger partial charge is 0.143 e. The lowest BCUT2D eigenvalue weighted by molar-refractivity contribution is 0.922. The first-order valence-electron chi connectivity index (χ1n) is 6.02. The van der Waals surface area contributed by atoms with Gasteiger partial charge in [0.15, 0.2) is 0 Å². The van der Waals surface area contributed by atoms with E-state index in [0.717, 1.165) is 4.90 Å². The summed E-state index contributed by atoms with van der Waals surface area (Å²) >= 11 is 4.13. The van der Waals surface area contributed by atoms with Crippen LogP contribution < -0.4 is 0 Å². The van der Waals surface area contributed by atoms with Crippen LogP contribution in [-0.4, -0.2) is 0 Å². The molecule has 0 atom stereocenters. The minimum atomic E-state index is 1.02. The van der Waals surface area contributed by atoms with Gasteiger partial charge < -0.3 is 0 Å². The monoisotopic (exact) mass is 244 g/mol. The molecule has 0 nitrogen and oxygen atoms in total. The van der Waals surface area contributed by atoms with Gasteiger partial charge in [0.05, 0.1) is 0 Å². The van der Waals surface area contributed by atoms with Crippen molar-refractivity contribution in [2.24, 2.45) is 0 Å². The topological polar surface area (TPSA) is 0 Å². The van der Waals surface area contributed by atoms with E-state index in [-0.39, 0.29) is 0 Å². The molecule has 0 heterocycles. The van der Waals surface area contributed by atoms with E-state index >= 15 is 0 Å². The van der Waals surface area contributed by atoms with Crippen molar-refractivity contribution < 1.29 is 0 Å². The van der Waals surface area contributed by atoms with Gasteiger partial charge in [-0.3, -0.25) is 0 Å². The SMILES string of the molecule is CCCc1ccccc1.Cc1ccc(S)cc1. The first-order chi connectivity index (χ1) is 8.22. The molecule has 0 spiro atoms. The summed E-state index contributed by atoms with van der Waals surface area (Å²) in [5, 5.41) is 0. The third-order valence-electron chi connectivity index (χ3n) is 2.42. The van der Waals surface area contributed by atoms with E-state index in [1.54, 1.807) is 0 Å². The zero-order valence-electron chi connectivity index (χ0n) is 10.6. The Kier molecular flexibility index (Phi) is 6.49. The summed E-state index contributed by atoms with van der Waals surface area (Å²) in [5.41, 5.74) is 2.72. The fraction of sp³-hybridized carbons (Fsp3) is 0.250. The number of hydrogen-bond donors (Lipinski definition) is 1. The number of rotatable bonds is 2. The molecule has 0 amide bonds. The van der Waals surface area contributed by atoms with Gasteiger partial charge in [-0.1, -0.05) is 61.4 Å². The number of aryl methyl sites for hydroxylation is 2. The molecule has 1 heteroatoms. The smallest absolute Gasteiger partial charge is 0.00401 e. The minimum Gasteiger partial charge on any atom is -0.143 e. The molecular weight excluding hydrogens is 224 g/mol. The van der Waals surface area contributed by atoms with Gasteiger partial charge in [-0.05, 0) is 31.0 Å². The second-order valence-electron chi connectivity index (χ2n) is 4.07. The quantitative estimate of drug-likeness (QED) is 0.712. The lowest BCUT2D eigenvalue weighted by Gasteiger charge is -1.93. The van der Waals surface area contributed by atoms with Gasteiger partial charge >= 0.3 is 0 Å². The summed E-state index contributed by atoms with van der Waals surface area (Å²) in [5.74, 6) is 0. The molecule has 0 aliphatic carbocycles. The van der Waals surface area contributed by atoms with Crippen LogP contribution in [0.1, 0.15) is 24.5 Å². The van der Waals surface area contributed by atoms with Crippen molar-refractivity contribution in [3.8, 4) is 0 Å². The molecule has 2 aromatic carbocycles. The summed E-state index contributed by atoms with van der Waals surface area (Å²) in [4.78, 5) is 1.02. The molecule has 0 N–H and O–H groups in total. The summed E-state index contributed by atoms with van der Waals surface area (Å²) < 4.78 is 0. The molecule has 0 aromatic heterocycles. The lowest BCUT2D eigenvalue weighted by atomic mass is 10.1. The Hall–Kier alpha value is -1.21. The standard InChI is InChI=1S/C9H12.C7H8S/c1-2-6-9-7-4-3-5-8-9;1-6-2-4-7(8)5-3-6/h3-5,7-8H,2,6H2,1H3;2-5,8H,1H3. The average Bonchev–Trinajstić information content (AvgIpc) is 2.36. The highest BCUT2D eigenvalue weighted by atomic mass is 32.1. The van der Waals surface area contributed by atoms with Crippen LogP contribution in [0.3, 0.4) is 0 Å². The van der Waals surface area contributed by atoms with Crippen LogP contribution in [0, 0.1) is 6.92 Å². The van der Waals surface area contributed by atoms with Gasteiger partial charge in [0.2, 0.25) is 0 Å². The zero-order chi connectivity index (χ0) is 12.5. The van der Waals surface area contributed by atoms with E-state index in [9.17, 15) is 0 Å². The van der Waals surface area contributed by atoms with E-state index in [2.05, 4.69) is 56.8 Å². The molecule has 2 aromatic rings. The average molecular weight is 244 g/mol. The Bertz CT molecular complexity index is 382. The predicted molar refractivity (Wildman–Crippen MR) is 78.9 cm³/mol. The Morgan fingerprint density at radius 3 is 1.94 bits per heavy atom. The number of hydrogen-bond acceptors (Lipinski definition) is 1. The van der Waals surface area contributed by atoms with Gasteiger partial charge in [0, 0.05) is 4.90 Å². The Morgan fingerprint density at radius 2 is 1.47 bits per heavy atom. The zero-order valence-corrected chi connectivity index (χ0v) is 11.5. The van der Waals surface area contributed by atoms with E-state index < -0.39 is 0 Å². The van der Waals surface area contributed by atoms with E-state index in [0.29, 0.717) is 0 Å². The van der Waals surface area contributed by atoms with E-state index in [1.807, 2.05) is 24.3 Å². The van der Waals surface area contributed by atoms with Crippen molar-refractivity contribution in [2.75, 3.05) is 0 Å². The fourth-order valence-electron chi connectivity index (χ4n) is 1.48. The molecular formula is C16H20S. The minimum absolute atomic E-state index is 1.02. The van der Waals surface area contributed by atoms with Gasteiger partial charge in [0.1, 0.15) is 0 Å². The first kappa shape index (κ1) is 13.9. The maximum Gasteiger partial charge on any atom is 0.00401 e. The molecule has 90 valence electrons. The third kappa shape index (κ3) is 6.18. The molecule has 0 bridgehead atoms. The Labute approximate surface area is 110 Å². The first-order valence-corrected chi connectivity index (χ1v) is 6.46. The van der Waals surface area contributed by atoms with Crippen LogP contribution in [0.5, 0.6) is 0 Å². The van der Waals surface area contributed by atoms with Gasteiger partial charge in [-0.15, -0.1) is 12.6 Å². The highest BCUT2D eigenvalue weighted by molar-refractivity contribution is 7.80. The van der Waals surface area contributed by atoms with Crippen molar-refractivity contribution in [1.82, 2.24) is 0 Å².